The molecule has 3 rings (SSSR count). The Morgan fingerprint density at radius 3 is 2.83 bits per heavy atom. The number of thiazole rings is 1. The summed E-state index contributed by atoms with van der Waals surface area (Å²) in [6, 6.07) is 5.66. The van der Waals surface area contributed by atoms with Gasteiger partial charge in [-0.15, -0.1) is 34.0 Å². The first kappa shape index (κ1) is 15.9. The van der Waals surface area contributed by atoms with Gasteiger partial charge in [0.05, 0.1) is 29.8 Å². The fourth-order valence-corrected chi connectivity index (χ4v) is 4.32. The minimum atomic E-state index is -0.455. The van der Waals surface area contributed by atoms with Gasteiger partial charge in [0.2, 0.25) is 5.91 Å². The fraction of sp³-hybridized carbons (Fsp3) is 0.133. The molecule has 3 heterocycles. The lowest BCUT2D eigenvalue weighted by molar-refractivity contribution is -0.115. The number of ether oxygens (including phenoxy) is 1. The molecule has 0 saturated carbocycles. The summed E-state index contributed by atoms with van der Waals surface area (Å²) in [7, 11) is 1.31. The van der Waals surface area contributed by atoms with E-state index in [2.05, 4.69) is 10.3 Å². The number of methoxy groups -OCH3 is 1. The van der Waals surface area contributed by atoms with Crippen molar-refractivity contribution < 1.29 is 14.3 Å². The molecule has 8 heteroatoms. The van der Waals surface area contributed by atoms with Gasteiger partial charge in [-0.05, 0) is 22.9 Å². The highest BCUT2D eigenvalue weighted by molar-refractivity contribution is 7.20. The summed E-state index contributed by atoms with van der Waals surface area (Å²) in [5.74, 6) is -0.666. The minimum Gasteiger partial charge on any atom is -0.465 e. The molecule has 1 amide bonds. The SMILES string of the molecule is COC(=O)c1sccc1NC(=O)Cc1csc(-c2cccs2)n1. The summed E-state index contributed by atoms with van der Waals surface area (Å²) in [6.45, 7) is 0. The van der Waals surface area contributed by atoms with E-state index in [-0.39, 0.29) is 12.3 Å². The number of esters is 1. The summed E-state index contributed by atoms with van der Waals surface area (Å²) < 4.78 is 4.69. The van der Waals surface area contributed by atoms with Crippen molar-refractivity contribution in [1.29, 1.82) is 0 Å². The van der Waals surface area contributed by atoms with Crippen LogP contribution in [0.4, 0.5) is 5.69 Å². The van der Waals surface area contributed by atoms with Crippen LogP contribution in [-0.4, -0.2) is 24.0 Å². The van der Waals surface area contributed by atoms with Crippen LogP contribution in [0.3, 0.4) is 0 Å². The summed E-state index contributed by atoms with van der Waals surface area (Å²) in [6.07, 6.45) is 0.165. The molecule has 0 radical (unpaired) electrons. The van der Waals surface area contributed by atoms with Gasteiger partial charge in [-0.1, -0.05) is 6.07 Å². The summed E-state index contributed by atoms with van der Waals surface area (Å²) in [4.78, 5) is 29.7. The first-order valence-corrected chi connectivity index (χ1v) is 9.25. The average molecular weight is 364 g/mol. The molecule has 0 bridgehead atoms. The molecule has 0 aliphatic carbocycles. The third kappa shape index (κ3) is 3.66. The highest BCUT2D eigenvalue weighted by Gasteiger charge is 2.16. The van der Waals surface area contributed by atoms with Gasteiger partial charge >= 0.3 is 5.97 Å². The Morgan fingerprint density at radius 2 is 2.09 bits per heavy atom. The van der Waals surface area contributed by atoms with Gasteiger partial charge in [-0.25, -0.2) is 9.78 Å². The van der Waals surface area contributed by atoms with E-state index < -0.39 is 5.97 Å². The second-order valence-corrected chi connectivity index (χ2v) is 7.22. The van der Waals surface area contributed by atoms with E-state index >= 15 is 0 Å². The number of hydrogen-bond donors (Lipinski definition) is 1. The zero-order valence-corrected chi connectivity index (χ0v) is 14.5. The van der Waals surface area contributed by atoms with Crippen LogP contribution in [0.15, 0.2) is 34.3 Å². The van der Waals surface area contributed by atoms with Crippen molar-refractivity contribution in [3.63, 3.8) is 0 Å². The molecule has 0 saturated heterocycles. The number of amides is 1. The molecule has 23 heavy (non-hydrogen) atoms. The van der Waals surface area contributed by atoms with Crippen LogP contribution in [0.2, 0.25) is 0 Å². The van der Waals surface area contributed by atoms with Crippen LogP contribution in [0.25, 0.3) is 9.88 Å². The number of nitrogens with zero attached hydrogens (tertiary/aromatic N) is 1. The van der Waals surface area contributed by atoms with Gasteiger partial charge in [0, 0.05) is 5.38 Å². The molecule has 3 aromatic heterocycles. The van der Waals surface area contributed by atoms with E-state index in [9.17, 15) is 9.59 Å². The number of carbonyl (C=O) groups is 2. The molecular formula is C15H12N2O3S3. The van der Waals surface area contributed by atoms with Gasteiger partial charge in [0.15, 0.2) is 0 Å². The number of aromatic nitrogens is 1. The van der Waals surface area contributed by atoms with Crippen molar-refractivity contribution in [2.45, 2.75) is 6.42 Å². The molecule has 3 aromatic rings. The third-order valence-electron chi connectivity index (χ3n) is 2.94. The minimum absolute atomic E-state index is 0.165. The van der Waals surface area contributed by atoms with Crippen LogP contribution in [-0.2, 0) is 16.0 Å². The largest absolute Gasteiger partial charge is 0.465 e. The summed E-state index contributed by atoms with van der Waals surface area (Å²) >= 11 is 4.36. The molecule has 118 valence electrons. The van der Waals surface area contributed by atoms with E-state index in [1.165, 1.54) is 29.8 Å². The van der Waals surface area contributed by atoms with E-state index in [4.69, 9.17) is 4.74 Å². The second-order valence-electron chi connectivity index (χ2n) is 4.50. The zero-order valence-electron chi connectivity index (χ0n) is 12.1. The Bertz CT molecular complexity index is 821. The topological polar surface area (TPSA) is 68.3 Å². The predicted molar refractivity (Wildman–Crippen MR) is 93.4 cm³/mol. The monoisotopic (exact) mass is 364 g/mol. The summed E-state index contributed by atoms with van der Waals surface area (Å²) in [5, 5.41) is 9.26. The van der Waals surface area contributed by atoms with E-state index in [0.29, 0.717) is 16.3 Å². The average Bonchev–Trinajstić information content (AvgIpc) is 3.27. The maximum Gasteiger partial charge on any atom is 0.350 e. The fourth-order valence-electron chi connectivity index (χ4n) is 1.92. The highest BCUT2D eigenvalue weighted by atomic mass is 32.1. The number of carbonyl (C=O) groups excluding carboxylic acids is 2. The lowest BCUT2D eigenvalue weighted by atomic mass is 10.3. The van der Waals surface area contributed by atoms with Crippen molar-refractivity contribution in [2.24, 2.45) is 0 Å². The third-order valence-corrected chi connectivity index (χ3v) is 5.76. The standard InChI is InChI=1S/C15H12N2O3S3/c1-20-15(19)13-10(4-6-22-13)17-12(18)7-9-8-23-14(16-9)11-3-2-5-21-11/h2-6,8H,7H2,1H3,(H,17,18). The maximum absolute atomic E-state index is 12.1. The van der Waals surface area contributed by atoms with E-state index in [0.717, 1.165) is 9.88 Å². The van der Waals surface area contributed by atoms with Crippen molar-refractivity contribution in [3.05, 3.63) is 44.9 Å². The molecule has 0 aliphatic rings. The Labute approximate surface area is 144 Å². The van der Waals surface area contributed by atoms with Crippen molar-refractivity contribution >= 4 is 51.6 Å². The van der Waals surface area contributed by atoms with Gasteiger partial charge in [0.25, 0.3) is 0 Å². The first-order valence-electron chi connectivity index (χ1n) is 6.61. The Hall–Kier alpha value is -2.03. The number of rotatable bonds is 5. The molecule has 5 nitrogen and oxygen atoms in total. The quantitative estimate of drug-likeness (QED) is 0.697. The number of thiophene rings is 2. The second kappa shape index (κ2) is 7.03. The number of anilines is 1. The van der Waals surface area contributed by atoms with Crippen LogP contribution in [0, 0.1) is 0 Å². The summed E-state index contributed by atoms with van der Waals surface area (Å²) in [5.41, 5.74) is 1.19. The van der Waals surface area contributed by atoms with E-state index in [1.54, 1.807) is 22.8 Å². The van der Waals surface area contributed by atoms with E-state index in [1.807, 2.05) is 22.9 Å². The molecule has 0 aliphatic heterocycles. The number of nitrogens with one attached hydrogen (secondary N) is 1. The molecular weight excluding hydrogens is 352 g/mol. The first-order chi connectivity index (χ1) is 11.2. The van der Waals surface area contributed by atoms with Crippen molar-refractivity contribution in [1.82, 2.24) is 4.98 Å². The van der Waals surface area contributed by atoms with Crippen molar-refractivity contribution in [2.75, 3.05) is 12.4 Å². The van der Waals surface area contributed by atoms with Gasteiger partial charge < -0.3 is 10.1 Å². The van der Waals surface area contributed by atoms with Crippen LogP contribution < -0.4 is 5.32 Å². The maximum atomic E-state index is 12.1. The smallest absolute Gasteiger partial charge is 0.350 e. The predicted octanol–water partition coefficient (Wildman–Crippen LogP) is 3.90. The lowest BCUT2D eigenvalue weighted by Gasteiger charge is -2.04. The molecule has 0 aromatic carbocycles. The van der Waals surface area contributed by atoms with Crippen LogP contribution >= 0.6 is 34.0 Å². The zero-order chi connectivity index (χ0) is 16.2. The molecule has 0 fully saturated rings. The highest BCUT2D eigenvalue weighted by Crippen LogP contribution is 2.28. The van der Waals surface area contributed by atoms with Crippen LogP contribution in [0.5, 0.6) is 0 Å². The normalized spacial score (nSPS) is 10.5. The Balaban J connectivity index is 1.66. The molecule has 0 spiro atoms. The Morgan fingerprint density at radius 1 is 1.22 bits per heavy atom. The van der Waals surface area contributed by atoms with Crippen LogP contribution in [0.1, 0.15) is 15.4 Å². The lowest BCUT2D eigenvalue weighted by Crippen LogP contribution is -2.16. The molecule has 1 N–H and O–H groups in total. The van der Waals surface area contributed by atoms with Gasteiger partial charge in [-0.2, -0.15) is 0 Å². The van der Waals surface area contributed by atoms with Gasteiger partial charge in [0.1, 0.15) is 9.88 Å². The Kier molecular flexibility index (Phi) is 4.85. The number of hydrogen-bond acceptors (Lipinski definition) is 7. The van der Waals surface area contributed by atoms with Gasteiger partial charge in [-0.3, -0.25) is 4.79 Å². The molecule has 0 atom stereocenters. The van der Waals surface area contributed by atoms with Crippen molar-refractivity contribution in [3.8, 4) is 9.88 Å². The molecule has 0 unspecified atom stereocenters.